The standard InChI is InChI=1S/C66H35N7/c67-36-40-17-25-58(47(31-40)39-70)73-62-26-20-43(41-9-2-1-3-10-41)33-56(62)66-54-15-8-14-50(52(54)24-30-64(66)73)44-21-27-60-55(34-44)53-13-6-7-16-59(53)71(60)49-23-29-61-57(35-49)65-51-12-5-4-11-42(51)19-28-63(65)72(61)48-22-18-45(37-68)46(32-48)38-69/h1-35H. The van der Waals surface area contributed by atoms with Gasteiger partial charge in [0.25, 0.3) is 0 Å². The summed E-state index contributed by atoms with van der Waals surface area (Å²) in [5, 5.41) is 51.1. The van der Waals surface area contributed by atoms with Crippen molar-refractivity contribution in [3.63, 3.8) is 0 Å². The molecule has 0 N–H and O–H groups in total. The minimum Gasteiger partial charge on any atom is -0.309 e. The molecule has 11 aromatic carbocycles. The largest absolute Gasteiger partial charge is 0.309 e. The molecule has 0 saturated heterocycles. The fraction of sp³-hybridized carbons (Fsp3) is 0. The summed E-state index contributed by atoms with van der Waals surface area (Å²) in [6, 6.07) is 82.5. The Kier molecular flexibility index (Phi) is 9.01. The smallest absolute Gasteiger partial charge is 0.101 e. The van der Waals surface area contributed by atoms with Crippen LogP contribution in [0.25, 0.3) is 126 Å². The lowest BCUT2D eigenvalue weighted by Gasteiger charge is -2.12. The molecular formula is C66H35N7. The van der Waals surface area contributed by atoms with Crippen molar-refractivity contribution in [3.05, 3.63) is 235 Å². The molecule has 0 radical (unpaired) electrons. The van der Waals surface area contributed by atoms with Crippen molar-refractivity contribution in [1.82, 2.24) is 13.7 Å². The second kappa shape index (κ2) is 15.9. The molecule has 0 amide bonds. The number of aromatic nitrogens is 3. The molecule has 334 valence electrons. The fourth-order valence-corrected chi connectivity index (χ4v) is 11.6. The van der Waals surface area contributed by atoms with Gasteiger partial charge in [-0.15, -0.1) is 0 Å². The van der Waals surface area contributed by atoms with Crippen LogP contribution in [0, 0.1) is 45.3 Å². The first-order valence-electron chi connectivity index (χ1n) is 24.0. The Hall–Kier alpha value is -10.7. The van der Waals surface area contributed by atoms with Gasteiger partial charge < -0.3 is 13.7 Å². The normalized spacial score (nSPS) is 11.5. The number of nitriles is 4. The summed E-state index contributed by atoms with van der Waals surface area (Å²) < 4.78 is 6.74. The molecular weight excluding hydrogens is 891 g/mol. The number of rotatable bonds is 5. The number of hydrogen-bond donors (Lipinski definition) is 0. The molecule has 0 aliphatic heterocycles. The first-order valence-corrected chi connectivity index (χ1v) is 24.0. The molecule has 3 heterocycles. The van der Waals surface area contributed by atoms with Crippen molar-refractivity contribution in [1.29, 1.82) is 21.0 Å². The Morgan fingerprint density at radius 1 is 0.288 bits per heavy atom. The molecule has 0 bridgehead atoms. The van der Waals surface area contributed by atoms with Gasteiger partial charge >= 0.3 is 0 Å². The van der Waals surface area contributed by atoms with Crippen LogP contribution >= 0.6 is 0 Å². The van der Waals surface area contributed by atoms with E-state index in [-0.39, 0.29) is 0 Å². The van der Waals surface area contributed by atoms with Gasteiger partial charge in [0.1, 0.15) is 18.2 Å². The second-order valence-electron chi connectivity index (χ2n) is 18.5. The summed E-state index contributed by atoms with van der Waals surface area (Å²) >= 11 is 0. The highest BCUT2D eigenvalue weighted by atomic mass is 15.0. The van der Waals surface area contributed by atoms with Crippen molar-refractivity contribution in [3.8, 4) is 63.6 Å². The van der Waals surface area contributed by atoms with Crippen LogP contribution in [0.2, 0.25) is 0 Å². The molecule has 7 nitrogen and oxygen atoms in total. The number of fused-ring (bicyclic) bond motifs is 13. The first-order chi connectivity index (χ1) is 36.0. The Morgan fingerprint density at radius 2 is 0.890 bits per heavy atom. The van der Waals surface area contributed by atoms with Crippen LogP contribution in [0.3, 0.4) is 0 Å². The van der Waals surface area contributed by atoms with Crippen LogP contribution in [-0.4, -0.2) is 13.7 Å². The number of benzene rings is 11. The quantitative estimate of drug-likeness (QED) is 0.171. The lowest BCUT2D eigenvalue weighted by atomic mass is 9.94. The monoisotopic (exact) mass is 925 g/mol. The predicted molar refractivity (Wildman–Crippen MR) is 294 cm³/mol. The van der Waals surface area contributed by atoms with E-state index in [1.807, 2.05) is 24.3 Å². The summed E-state index contributed by atoms with van der Waals surface area (Å²) in [7, 11) is 0. The highest BCUT2D eigenvalue weighted by molar-refractivity contribution is 6.25. The molecule has 0 aliphatic rings. The van der Waals surface area contributed by atoms with Crippen LogP contribution in [0.15, 0.2) is 212 Å². The third-order valence-electron chi connectivity index (χ3n) is 14.8. The fourth-order valence-electron chi connectivity index (χ4n) is 11.6. The van der Waals surface area contributed by atoms with E-state index in [1.54, 1.807) is 18.2 Å². The minimum absolute atomic E-state index is 0.341. The van der Waals surface area contributed by atoms with Crippen LogP contribution in [-0.2, 0) is 0 Å². The molecule has 3 aromatic heterocycles. The maximum atomic E-state index is 10.4. The van der Waals surface area contributed by atoms with Crippen LogP contribution in [0.1, 0.15) is 22.3 Å². The summed E-state index contributed by atoms with van der Waals surface area (Å²) in [5.74, 6) is 0. The minimum atomic E-state index is 0.341. The van der Waals surface area contributed by atoms with E-state index in [2.05, 4.69) is 208 Å². The lowest BCUT2D eigenvalue weighted by molar-refractivity contribution is 1.16. The molecule has 0 atom stereocenters. The molecule has 73 heavy (non-hydrogen) atoms. The molecule has 0 fully saturated rings. The van der Waals surface area contributed by atoms with Gasteiger partial charge in [-0.25, -0.2) is 0 Å². The SMILES string of the molecule is N#Cc1ccc(-n2c3ccc(-c4ccccc4)cc3c3c4cccc(-c5ccc6c(c5)c5ccccc5n6-c5ccc6c(c5)c5c7ccccc7ccc5n6-c5ccc(C#N)c(C#N)c5)c4ccc32)c(C#N)c1. The first kappa shape index (κ1) is 41.3. The van der Waals surface area contributed by atoms with Crippen molar-refractivity contribution >= 4 is 87.0 Å². The van der Waals surface area contributed by atoms with Gasteiger partial charge in [0.2, 0.25) is 0 Å². The topological polar surface area (TPSA) is 110 Å². The van der Waals surface area contributed by atoms with Gasteiger partial charge in [0.15, 0.2) is 0 Å². The third-order valence-corrected chi connectivity index (χ3v) is 14.8. The Balaban J connectivity index is 0.976. The maximum Gasteiger partial charge on any atom is 0.101 e. The molecule has 14 aromatic rings. The third kappa shape index (κ3) is 6.08. The van der Waals surface area contributed by atoms with Gasteiger partial charge in [0.05, 0.1) is 67.1 Å². The van der Waals surface area contributed by atoms with Gasteiger partial charge in [-0.05, 0) is 141 Å². The summed E-state index contributed by atoms with van der Waals surface area (Å²) in [4.78, 5) is 0. The zero-order valence-electron chi connectivity index (χ0n) is 38.8. The van der Waals surface area contributed by atoms with Crippen LogP contribution in [0.4, 0.5) is 0 Å². The zero-order valence-corrected chi connectivity index (χ0v) is 38.8. The number of para-hydroxylation sites is 1. The van der Waals surface area contributed by atoms with E-state index in [0.29, 0.717) is 22.3 Å². The molecule has 0 aliphatic carbocycles. The van der Waals surface area contributed by atoms with Crippen molar-refractivity contribution in [2.75, 3.05) is 0 Å². The maximum absolute atomic E-state index is 10.4. The molecule has 7 heteroatoms. The number of nitrogens with zero attached hydrogens (tertiary/aromatic N) is 7. The summed E-state index contributed by atoms with van der Waals surface area (Å²) in [6.45, 7) is 0. The average Bonchev–Trinajstić information content (AvgIpc) is 4.10. The summed E-state index contributed by atoms with van der Waals surface area (Å²) in [5.41, 5.74) is 14.7. The van der Waals surface area contributed by atoms with Crippen LogP contribution < -0.4 is 0 Å². The molecule has 14 rings (SSSR count). The Morgan fingerprint density at radius 3 is 1.73 bits per heavy atom. The summed E-state index contributed by atoms with van der Waals surface area (Å²) in [6.07, 6.45) is 0. The van der Waals surface area contributed by atoms with E-state index in [1.165, 1.54) is 0 Å². The van der Waals surface area contributed by atoms with Crippen molar-refractivity contribution < 1.29 is 0 Å². The Labute approximate surface area is 417 Å². The van der Waals surface area contributed by atoms with Gasteiger partial charge in [-0.2, -0.15) is 21.0 Å². The van der Waals surface area contributed by atoms with Crippen LogP contribution in [0.5, 0.6) is 0 Å². The highest BCUT2D eigenvalue weighted by Gasteiger charge is 2.22. The zero-order chi connectivity index (χ0) is 48.9. The van der Waals surface area contributed by atoms with E-state index >= 15 is 0 Å². The van der Waals surface area contributed by atoms with E-state index < -0.39 is 0 Å². The molecule has 0 spiro atoms. The average molecular weight is 926 g/mol. The molecule has 0 unspecified atom stereocenters. The van der Waals surface area contributed by atoms with E-state index in [4.69, 9.17) is 0 Å². The second-order valence-corrected chi connectivity index (χ2v) is 18.5. The van der Waals surface area contributed by atoms with Gasteiger partial charge in [-0.3, -0.25) is 0 Å². The van der Waals surface area contributed by atoms with Gasteiger partial charge in [-0.1, -0.05) is 115 Å². The van der Waals surface area contributed by atoms with Crippen molar-refractivity contribution in [2.24, 2.45) is 0 Å². The van der Waals surface area contributed by atoms with E-state index in [0.717, 1.165) is 126 Å². The Bertz CT molecular complexity index is 4900. The van der Waals surface area contributed by atoms with Gasteiger partial charge in [0, 0.05) is 43.7 Å². The number of hydrogen-bond acceptors (Lipinski definition) is 4. The lowest BCUT2D eigenvalue weighted by Crippen LogP contribution is -1.98. The molecule has 0 saturated carbocycles. The predicted octanol–water partition coefficient (Wildman–Crippen LogP) is 16.1. The van der Waals surface area contributed by atoms with Crippen molar-refractivity contribution in [2.45, 2.75) is 0 Å². The van der Waals surface area contributed by atoms with E-state index in [9.17, 15) is 21.0 Å². The highest BCUT2D eigenvalue weighted by Crippen LogP contribution is 2.44.